The minimum Gasteiger partial charge on any atom is -0.493 e. The standard InChI is InChI=1S/C21H32N2O3/c1-3-5-6-9-14-22-20(24)17-11-10-15-23(16-17)21(25)18-12-7-8-13-19(18)26-4-2/h7-8,12-13,17H,3-6,9-11,14-16H2,1-2H3,(H,22,24). The van der Waals surface area contributed by atoms with E-state index in [1.165, 1.54) is 12.8 Å². The first-order valence-corrected chi connectivity index (χ1v) is 9.96. The zero-order chi connectivity index (χ0) is 18.8. The van der Waals surface area contributed by atoms with E-state index >= 15 is 0 Å². The van der Waals surface area contributed by atoms with Crippen LogP contribution in [0.2, 0.25) is 0 Å². The topological polar surface area (TPSA) is 58.6 Å². The summed E-state index contributed by atoms with van der Waals surface area (Å²) >= 11 is 0. The number of nitrogens with zero attached hydrogens (tertiary/aromatic N) is 1. The Kier molecular flexibility index (Phi) is 8.45. The molecule has 1 atom stereocenters. The van der Waals surface area contributed by atoms with Crippen LogP contribution in [0.3, 0.4) is 0 Å². The maximum absolute atomic E-state index is 12.9. The number of unbranched alkanes of at least 4 members (excludes halogenated alkanes) is 3. The van der Waals surface area contributed by atoms with Crippen LogP contribution in [0.1, 0.15) is 62.7 Å². The van der Waals surface area contributed by atoms with Crippen LogP contribution in [0.15, 0.2) is 24.3 Å². The molecule has 1 aliphatic heterocycles. The SMILES string of the molecule is CCCCCCNC(=O)C1CCCN(C(=O)c2ccccc2OCC)C1. The van der Waals surface area contributed by atoms with Crippen LogP contribution in [0, 0.1) is 5.92 Å². The van der Waals surface area contributed by atoms with Gasteiger partial charge in [-0.25, -0.2) is 0 Å². The zero-order valence-corrected chi connectivity index (χ0v) is 16.1. The number of benzene rings is 1. The summed E-state index contributed by atoms with van der Waals surface area (Å²) in [4.78, 5) is 27.1. The minimum atomic E-state index is -0.113. The van der Waals surface area contributed by atoms with E-state index in [1.807, 2.05) is 25.1 Å². The number of nitrogens with one attached hydrogen (secondary N) is 1. The van der Waals surface area contributed by atoms with Crippen molar-refractivity contribution in [2.24, 2.45) is 5.92 Å². The molecule has 1 N–H and O–H groups in total. The number of amides is 2. The van der Waals surface area contributed by atoms with Crippen LogP contribution >= 0.6 is 0 Å². The molecule has 0 saturated carbocycles. The van der Waals surface area contributed by atoms with Crippen molar-refractivity contribution in [1.82, 2.24) is 10.2 Å². The lowest BCUT2D eigenvalue weighted by Gasteiger charge is -2.32. The Bertz CT molecular complexity index is 588. The molecule has 1 heterocycles. The predicted octanol–water partition coefficient (Wildman–Crippen LogP) is 3.63. The van der Waals surface area contributed by atoms with Gasteiger partial charge in [-0.15, -0.1) is 0 Å². The Morgan fingerprint density at radius 2 is 2.00 bits per heavy atom. The van der Waals surface area contributed by atoms with Gasteiger partial charge in [-0.1, -0.05) is 38.3 Å². The number of ether oxygens (including phenoxy) is 1. The first-order valence-electron chi connectivity index (χ1n) is 9.96. The maximum atomic E-state index is 12.9. The normalized spacial score (nSPS) is 17.0. The summed E-state index contributed by atoms with van der Waals surface area (Å²) in [6.45, 7) is 6.52. The predicted molar refractivity (Wildman–Crippen MR) is 103 cm³/mol. The summed E-state index contributed by atoms with van der Waals surface area (Å²) in [5.41, 5.74) is 0.579. The van der Waals surface area contributed by atoms with Crippen molar-refractivity contribution in [1.29, 1.82) is 0 Å². The molecular formula is C21H32N2O3. The number of hydrogen-bond acceptors (Lipinski definition) is 3. The van der Waals surface area contributed by atoms with Gasteiger partial charge in [0.2, 0.25) is 5.91 Å². The summed E-state index contributed by atoms with van der Waals surface area (Å²) < 4.78 is 5.58. The first-order chi connectivity index (χ1) is 12.7. The van der Waals surface area contributed by atoms with Gasteiger partial charge in [0, 0.05) is 19.6 Å². The summed E-state index contributed by atoms with van der Waals surface area (Å²) in [7, 11) is 0. The number of piperidine rings is 1. The Morgan fingerprint density at radius 1 is 1.19 bits per heavy atom. The van der Waals surface area contributed by atoms with Crippen molar-refractivity contribution in [3.05, 3.63) is 29.8 Å². The van der Waals surface area contributed by atoms with Crippen LogP contribution in [0.5, 0.6) is 5.75 Å². The second-order valence-corrected chi connectivity index (χ2v) is 6.87. The number of rotatable bonds is 9. The molecule has 5 heteroatoms. The molecule has 1 fully saturated rings. The summed E-state index contributed by atoms with van der Waals surface area (Å²) in [5, 5.41) is 3.04. The minimum absolute atomic E-state index is 0.0468. The molecule has 1 aromatic carbocycles. The average Bonchev–Trinajstić information content (AvgIpc) is 2.68. The largest absolute Gasteiger partial charge is 0.493 e. The Morgan fingerprint density at radius 3 is 2.77 bits per heavy atom. The molecule has 1 saturated heterocycles. The van der Waals surface area contributed by atoms with Crippen molar-refractivity contribution in [3.8, 4) is 5.75 Å². The van der Waals surface area contributed by atoms with Gasteiger partial charge in [0.1, 0.15) is 5.75 Å². The van der Waals surface area contributed by atoms with E-state index in [0.29, 0.717) is 31.0 Å². The number of carbonyl (C=O) groups excluding carboxylic acids is 2. The molecular weight excluding hydrogens is 328 g/mol. The quantitative estimate of drug-likeness (QED) is 0.684. The van der Waals surface area contributed by atoms with Crippen LogP contribution < -0.4 is 10.1 Å². The van der Waals surface area contributed by atoms with E-state index in [2.05, 4.69) is 12.2 Å². The molecule has 0 spiro atoms. The molecule has 144 valence electrons. The van der Waals surface area contributed by atoms with Gasteiger partial charge in [-0.05, 0) is 38.3 Å². The Balaban J connectivity index is 1.91. The number of hydrogen-bond donors (Lipinski definition) is 1. The van der Waals surface area contributed by atoms with Gasteiger partial charge < -0.3 is 15.0 Å². The van der Waals surface area contributed by atoms with Gasteiger partial charge in [0.25, 0.3) is 5.91 Å². The molecule has 2 amide bonds. The fourth-order valence-electron chi connectivity index (χ4n) is 3.38. The van der Waals surface area contributed by atoms with Crippen LogP contribution in [0.4, 0.5) is 0 Å². The van der Waals surface area contributed by atoms with E-state index in [0.717, 1.165) is 32.2 Å². The van der Waals surface area contributed by atoms with Crippen molar-refractivity contribution < 1.29 is 14.3 Å². The second kappa shape index (κ2) is 10.8. The molecule has 0 radical (unpaired) electrons. The molecule has 2 rings (SSSR count). The molecule has 26 heavy (non-hydrogen) atoms. The third-order valence-electron chi connectivity index (χ3n) is 4.83. The second-order valence-electron chi connectivity index (χ2n) is 6.87. The van der Waals surface area contributed by atoms with Crippen molar-refractivity contribution in [2.45, 2.75) is 52.4 Å². The molecule has 1 aromatic rings. The van der Waals surface area contributed by atoms with Gasteiger partial charge in [0.15, 0.2) is 0 Å². The highest BCUT2D eigenvalue weighted by molar-refractivity contribution is 5.97. The lowest BCUT2D eigenvalue weighted by molar-refractivity contribution is -0.126. The van der Waals surface area contributed by atoms with Crippen molar-refractivity contribution >= 4 is 11.8 Å². The molecule has 0 bridgehead atoms. The van der Waals surface area contributed by atoms with Gasteiger partial charge in [-0.3, -0.25) is 9.59 Å². The van der Waals surface area contributed by atoms with E-state index < -0.39 is 0 Å². The average molecular weight is 360 g/mol. The van der Waals surface area contributed by atoms with Crippen molar-refractivity contribution in [3.63, 3.8) is 0 Å². The number of likely N-dealkylation sites (tertiary alicyclic amines) is 1. The van der Waals surface area contributed by atoms with Gasteiger partial charge >= 0.3 is 0 Å². The molecule has 0 aromatic heterocycles. The van der Waals surface area contributed by atoms with E-state index in [-0.39, 0.29) is 17.7 Å². The smallest absolute Gasteiger partial charge is 0.257 e. The van der Waals surface area contributed by atoms with Gasteiger partial charge in [0.05, 0.1) is 18.1 Å². The maximum Gasteiger partial charge on any atom is 0.257 e. The first kappa shape index (κ1) is 20.3. The third kappa shape index (κ3) is 5.75. The summed E-state index contributed by atoms with van der Waals surface area (Å²) in [6, 6.07) is 7.33. The summed E-state index contributed by atoms with van der Waals surface area (Å²) in [6.07, 6.45) is 6.28. The fraction of sp³-hybridized carbons (Fsp3) is 0.619. The highest BCUT2D eigenvalue weighted by atomic mass is 16.5. The molecule has 0 aliphatic carbocycles. The van der Waals surface area contributed by atoms with Crippen molar-refractivity contribution in [2.75, 3.05) is 26.2 Å². The zero-order valence-electron chi connectivity index (χ0n) is 16.1. The highest BCUT2D eigenvalue weighted by Gasteiger charge is 2.29. The van der Waals surface area contributed by atoms with Crippen LogP contribution in [0.25, 0.3) is 0 Å². The monoisotopic (exact) mass is 360 g/mol. The summed E-state index contributed by atoms with van der Waals surface area (Å²) in [5.74, 6) is 0.534. The Labute approximate surface area is 157 Å². The van der Waals surface area contributed by atoms with Crippen LogP contribution in [-0.4, -0.2) is 43.0 Å². The lowest BCUT2D eigenvalue weighted by atomic mass is 9.96. The third-order valence-corrected chi connectivity index (χ3v) is 4.83. The van der Waals surface area contributed by atoms with E-state index in [4.69, 9.17) is 4.74 Å². The fourth-order valence-corrected chi connectivity index (χ4v) is 3.38. The lowest BCUT2D eigenvalue weighted by Crippen LogP contribution is -2.45. The van der Waals surface area contributed by atoms with Crippen LogP contribution in [-0.2, 0) is 4.79 Å². The highest BCUT2D eigenvalue weighted by Crippen LogP contribution is 2.24. The number of carbonyl (C=O) groups is 2. The Hall–Kier alpha value is -2.04. The van der Waals surface area contributed by atoms with E-state index in [1.54, 1.807) is 11.0 Å². The molecule has 1 aliphatic rings. The molecule has 5 nitrogen and oxygen atoms in total. The molecule has 1 unspecified atom stereocenters. The van der Waals surface area contributed by atoms with Gasteiger partial charge in [-0.2, -0.15) is 0 Å². The van der Waals surface area contributed by atoms with E-state index in [9.17, 15) is 9.59 Å². The number of para-hydroxylation sites is 1.